The van der Waals surface area contributed by atoms with Crippen LogP contribution in [-0.2, 0) is 6.54 Å². The Morgan fingerprint density at radius 3 is 2.71 bits per heavy atom. The molecule has 0 spiro atoms. The first-order valence-electron chi connectivity index (χ1n) is 6.04. The highest BCUT2D eigenvalue weighted by molar-refractivity contribution is 9.10. The molecule has 0 bridgehead atoms. The molecule has 0 aliphatic carbocycles. The number of rotatable bonds is 7. The van der Waals surface area contributed by atoms with Gasteiger partial charge in [0.25, 0.3) is 0 Å². The highest BCUT2D eigenvalue weighted by Crippen LogP contribution is 2.20. The van der Waals surface area contributed by atoms with Crippen molar-refractivity contribution in [3.63, 3.8) is 0 Å². The first kappa shape index (κ1) is 14.5. The maximum absolute atomic E-state index is 9.05. The molecule has 0 saturated carbocycles. The lowest BCUT2D eigenvalue weighted by Gasteiger charge is -2.22. The summed E-state index contributed by atoms with van der Waals surface area (Å²) in [4.78, 5) is 2.24. The van der Waals surface area contributed by atoms with Crippen molar-refractivity contribution >= 4 is 21.6 Å². The van der Waals surface area contributed by atoms with Crippen LogP contribution in [0.5, 0.6) is 0 Å². The van der Waals surface area contributed by atoms with E-state index in [4.69, 9.17) is 10.8 Å². The van der Waals surface area contributed by atoms with Gasteiger partial charge in [-0.1, -0.05) is 35.3 Å². The number of anilines is 1. The molecule has 0 aliphatic rings. The van der Waals surface area contributed by atoms with Gasteiger partial charge in [-0.15, -0.1) is 0 Å². The molecule has 17 heavy (non-hydrogen) atoms. The van der Waals surface area contributed by atoms with Crippen LogP contribution >= 0.6 is 15.9 Å². The van der Waals surface area contributed by atoms with Crippen LogP contribution in [0.25, 0.3) is 0 Å². The fourth-order valence-electron chi connectivity index (χ4n) is 1.74. The van der Waals surface area contributed by atoms with Crippen LogP contribution in [0.3, 0.4) is 0 Å². The Bertz CT molecular complexity index is 344. The monoisotopic (exact) mass is 300 g/mol. The molecule has 3 nitrogen and oxygen atoms in total. The molecule has 0 radical (unpaired) electrons. The van der Waals surface area contributed by atoms with Gasteiger partial charge in [0.1, 0.15) is 0 Å². The lowest BCUT2D eigenvalue weighted by molar-refractivity contribution is 0.188. The normalized spacial score (nSPS) is 11.1. The molecule has 1 rings (SSSR count). The van der Waals surface area contributed by atoms with Gasteiger partial charge in [0.05, 0.1) is 6.61 Å². The number of nitrogens with two attached hydrogens (primary N) is 1. The fraction of sp³-hybridized carbons (Fsp3) is 0.538. The molecule has 0 aromatic heterocycles. The van der Waals surface area contributed by atoms with Gasteiger partial charge in [0, 0.05) is 23.2 Å². The maximum atomic E-state index is 9.05. The molecule has 96 valence electrons. The lowest BCUT2D eigenvalue weighted by atomic mass is 10.1. The summed E-state index contributed by atoms with van der Waals surface area (Å²) in [5.41, 5.74) is 7.90. The Balaban J connectivity index is 2.64. The molecular formula is C13H21BrN2O. The van der Waals surface area contributed by atoms with Crippen LogP contribution in [0, 0.1) is 0 Å². The second-order valence-corrected chi connectivity index (χ2v) is 5.11. The third-order valence-electron chi connectivity index (χ3n) is 2.75. The Morgan fingerprint density at radius 2 is 2.12 bits per heavy atom. The summed E-state index contributed by atoms with van der Waals surface area (Å²) < 4.78 is 1.00. The predicted molar refractivity (Wildman–Crippen MR) is 75.8 cm³/mol. The van der Waals surface area contributed by atoms with Gasteiger partial charge >= 0.3 is 0 Å². The third-order valence-corrected chi connectivity index (χ3v) is 3.24. The van der Waals surface area contributed by atoms with Crippen molar-refractivity contribution in [3.8, 4) is 0 Å². The Hall–Kier alpha value is -0.580. The maximum Gasteiger partial charge on any atom is 0.0558 e. The fourth-order valence-corrected chi connectivity index (χ4v) is 2.12. The second kappa shape index (κ2) is 7.69. The molecule has 0 unspecified atom stereocenters. The zero-order chi connectivity index (χ0) is 12.7. The highest BCUT2D eigenvalue weighted by Gasteiger charge is 2.07. The molecular weight excluding hydrogens is 280 g/mol. The second-order valence-electron chi connectivity index (χ2n) is 4.20. The molecule has 0 atom stereocenters. The van der Waals surface area contributed by atoms with Crippen LogP contribution < -0.4 is 5.73 Å². The zero-order valence-corrected chi connectivity index (χ0v) is 11.9. The summed E-state index contributed by atoms with van der Waals surface area (Å²) in [6.45, 7) is 4.88. The van der Waals surface area contributed by atoms with Crippen LogP contribution in [0.1, 0.15) is 25.3 Å². The summed E-state index contributed by atoms with van der Waals surface area (Å²) in [6.07, 6.45) is 2.31. The van der Waals surface area contributed by atoms with Gasteiger partial charge < -0.3 is 10.8 Å². The van der Waals surface area contributed by atoms with Gasteiger partial charge in [-0.05, 0) is 30.7 Å². The van der Waals surface area contributed by atoms with Crippen molar-refractivity contribution in [2.45, 2.75) is 26.3 Å². The molecule has 0 saturated heterocycles. The van der Waals surface area contributed by atoms with Gasteiger partial charge in [-0.2, -0.15) is 0 Å². The van der Waals surface area contributed by atoms with Gasteiger partial charge in [-0.3, -0.25) is 4.90 Å². The van der Waals surface area contributed by atoms with E-state index < -0.39 is 0 Å². The lowest BCUT2D eigenvalue weighted by Crippen LogP contribution is -2.27. The molecule has 4 heteroatoms. The highest BCUT2D eigenvalue weighted by atomic mass is 79.9. The first-order valence-corrected chi connectivity index (χ1v) is 6.83. The van der Waals surface area contributed by atoms with E-state index in [1.165, 1.54) is 0 Å². The number of benzene rings is 1. The number of aliphatic hydroxyl groups excluding tert-OH is 1. The average Bonchev–Trinajstić information content (AvgIpc) is 2.29. The minimum atomic E-state index is 0.195. The molecule has 1 aromatic carbocycles. The van der Waals surface area contributed by atoms with E-state index in [0.717, 1.165) is 41.7 Å². The number of hydrogen-bond acceptors (Lipinski definition) is 3. The SMILES string of the molecule is CCCCN(CCO)Cc1ccc(Br)cc1N. The van der Waals surface area contributed by atoms with Crippen molar-refractivity contribution in [2.24, 2.45) is 0 Å². The van der Waals surface area contributed by atoms with E-state index in [0.29, 0.717) is 6.54 Å². The number of nitrogen functional groups attached to an aromatic ring is 1. The summed E-state index contributed by atoms with van der Waals surface area (Å²) in [6, 6.07) is 5.96. The summed E-state index contributed by atoms with van der Waals surface area (Å²) in [7, 11) is 0. The van der Waals surface area contributed by atoms with E-state index in [1.807, 2.05) is 18.2 Å². The Labute approximate surface area is 112 Å². The van der Waals surface area contributed by atoms with E-state index in [1.54, 1.807) is 0 Å². The Kier molecular flexibility index (Phi) is 6.55. The number of hydrogen-bond donors (Lipinski definition) is 2. The summed E-state index contributed by atoms with van der Waals surface area (Å²) in [5.74, 6) is 0. The molecule has 3 N–H and O–H groups in total. The topological polar surface area (TPSA) is 49.5 Å². The van der Waals surface area contributed by atoms with Gasteiger partial charge in [0.15, 0.2) is 0 Å². The van der Waals surface area contributed by atoms with Crippen LogP contribution in [0.15, 0.2) is 22.7 Å². The summed E-state index contributed by atoms with van der Waals surface area (Å²) in [5, 5.41) is 9.05. The van der Waals surface area contributed by atoms with Crippen molar-refractivity contribution in [1.29, 1.82) is 0 Å². The summed E-state index contributed by atoms with van der Waals surface area (Å²) >= 11 is 3.40. The van der Waals surface area contributed by atoms with Crippen LogP contribution in [-0.4, -0.2) is 29.7 Å². The first-order chi connectivity index (χ1) is 8.17. The number of unbranched alkanes of at least 4 members (excludes halogenated alkanes) is 1. The minimum Gasteiger partial charge on any atom is -0.398 e. The number of aliphatic hydroxyl groups is 1. The molecule has 0 amide bonds. The zero-order valence-electron chi connectivity index (χ0n) is 10.3. The smallest absolute Gasteiger partial charge is 0.0558 e. The van der Waals surface area contributed by atoms with Crippen molar-refractivity contribution < 1.29 is 5.11 Å². The quantitative estimate of drug-likeness (QED) is 0.761. The van der Waals surface area contributed by atoms with Crippen LogP contribution in [0.4, 0.5) is 5.69 Å². The number of nitrogens with zero attached hydrogens (tertiary/aromatic N) is 1. The molecule has 0 heterocycles. The standard InChI is InChI=1S/C13H21BrN2O/c1-2-3-6-16(7-8-17)10-11-4-5-12(14)9-13(11)15/h4-5,9,17H,2-3,6-8,10,15H2,1H3. The van der Waals surface area contributed by atoms with Crippen molar-refractivity contribution in [3.05, 3.63) is 28.2 Å². The predicted octanol–water partition coefficient (Wildman–Crippen LogP) is 2.63. The molecule has 1 aromatic rings. The van der Waals surface area contributed by atoms with Gasteiger partial charge in [-0.25, -0.2) is 0 Å². The van der Waals surface area contributed by atoms with E-state index in [2.05, 4.69) is 27.8 Å². The number of halogens is 1. The van der Waals surface area contributed by atoms with Crippen LogP contribution in [0.2, 0.25) is 0 Å². The molecule has 0 fully saturated rings. The third kappa shape index (κ3) is 5.06. The van der Waals surface area contributed by atoms with Crippen molar-refractivity contribution in [1.82, 2.24) is 4.90 Å². The van der Waals surface area contributed by atoms with E-state index in [-0.39, 0.29) is 6.61 Å². The average molecular weight is 301 g/mol. The Morgan fingerprint density at radius 1 is 1.35 bits per heavy atom. The minimum absolute atomic E-state index is 0.195. The van der Waals surface area contributed by atoms with E-state index >= 15 is 0 Å². The van der Waals surface area contributed by atoms with Crippen molar-refractivity contribution in [2.75, 3.05) is 25.4 Å². The molecule has 0 aliphatic heterocycles. The van der Waals surface area contributed by atoms with Gasteiger partial charge in [0.2, 0.25) is 0 Å². The van der Waals surface area contributed by atoms with E-state index in [9.17, 15) is 0 Å². The largest absolute Gasteiger partial charge is 0.398 e.